The second-order valence-corrected chi connectivity index (χ2v) is 9.33. The van der Waals surface area contributed by atoms with Crippen LogP contribution < -0.4 is 10.6 Å². The summed E-state index contributed by atoms with van der Waals surface area (Å²) in [7, 11) is 0. The molecule has 29 heavy (non-hydrogen) atoms. The predicted octanol–water partition coefficient (Wildman–Crippen LogP) is 2.63. The Morgan fingerprint density at radius 2 is 2.07 bits per heavy atom. The Kier molecular flexibility index (Phi) is 5.26. The summed E-state index contributed by atoms with van der Waals surface area (Å²) < 4.78 is 13.6. The molecular weight excluding hydrogens is 417 g/mol. The SMILES string of the molecule is CC1(C2CC2)NC(=O)N(CC(=O)Nc2nnc(SCc3ccc(F)cc3)s2)C1=O. The minimum absolute atomic E-state index is 0.135. The molecule has 2 heterocycles. The van der Waals surface area contributed by atoms with Gasteiger partial charge in [-0.25, -0.2) is 9.18 Å². The Bertz CT molecular complexity index is 963. The number of hydrogen-bond acceptors (Lipinski definition) is 7. The van der Waals surface area contributed by atoms with E-state index in [2.05, 4.69) is 20.8 Å². The number of imide groups is 1. The first kappa shape index (κ1) is 19.8. The van der Waals surface area contributed by atoms with Crippen molar-refractivity contribution < 1.29 is 18.8 Å². The number of halogens is 1. The molecule has 1 saturated heterocycles. The third kappa shape index (κ3) is 4.25. The maximum absolute atomic E-state index is 12.9. The van der Waals surface area contributed by atoms with Crippen molar-refractivity contribution in [3.8, 4) is 0 Å². The number of aromatic nitrogens is 2. The lowest BCUT2D eigenvalue weighted by atomic mass is 9.96. The number of nitrogens with one attached hydrogen (secondary N) is 2. The van der Waals surface area contributed by atoms with Gasteiger partial charge in [-0.1, -0.05) is 35.2 Å². The van der Waals surface area contributed by atoms with Crippen LogP contribution in [-0.4, -0.2) is 45.0 Å². The van der Waals surface area contributed by atoms with E-state index in [1.165, 1.54) is 35.2 Å². The number of thioether (sulfide) groups is 1. The molecule has 152 valence electrons. The molecule has 2 aliphatic rings. The fourth-order valence-corrected chi connectivity index (χ4v) is 4.87. The Morgan fingerprint density at radius 1 is 1.34 bits per heavy atom. The molecule has 8 nitrogen and oxygen atoms in total. The summed E-state index contributed by atoms with van der Waals surface area (Å²) in [6, 6.07) is 5.63. The van der Waals surface area contributed by atoms with Crippen LogP contribution in [0.2, 0.25) is 0 Å². The zero-order chi connectivity index (χ0) is 20.6. The van der Waals surface area contributed by atoms with Crippen molar-refractivity contribution in [2.45, 2.75) is 35.4 Å². The molecule has 0 spiro atoms. The highest BCUT2D eigenvalue weighted by atomic mass is 32.2. The van der Waals surface area contributed by atoms with Crippen molar-refractivity contribution in [3.63, 3.8) is 0 Å². The topological polar surface area (TPSA) is 104 Å². The Morgan fingerprint density at radius 3 is 2.76 bits per heavy atom. The quantitative estimate of drug-likeness (QED) is 0.394. The fourth-order valence-electron chi connectivity index (χ4n) is 3.14. The molecular formula is C18H18FN5O3S2. The van der Waals surface area contributed by atoms with Gasteiger partial charge >= 0.3 is 6.03 Å². The first-order valence-electron chi connectivity index (χ1n) is 9.00. The van der Waals surface area contributed by atoms with Gasteiger partial charge in [0, 0.05) is 5.75 Å². The van der Waals surface area contributed by atoms with Crippen LogP contribution in [0.15, 0.2) is 28.6 Å². The van der Waals surface area contributed by atoms with Gasteiger partial charge in [-0.15, -0.1) is 10.2 Å². The highest BCUT2D eigenvalue weighted by Gasteiger charge is 2.56. The van der Waals surface area contributed by atoms with Gasteiger partial charge in [-0.05, 0) is 43.4 Å². The molecule has 1 aromatic carbocycles. The zero-order valence-corrected chi connectivity index (χ0v) is 17.1. The van der Waals surface area contributed by atoms with E-state index in [1.807, 2.05) is 0 Å². The molecule has 1 aromatic heterocycles. The van der Waals surface area contributed by atoms with Crippen molar-refractivity contribution in [3.05, 3.63) is 35.6 Å². The molecule has 1 aliphatic carbocycles. The zero-order valence-electron chi connectivity index (χ0n) is 15.5. The Labute approximate surface area is 174 Å². The average molecular weight is 436 g/mol. The molecule has 2 aromatic rings. The summed E-state index contributed by atoms with van der Waals surface area (Å²) in [6.07, 6.45) is 1.79. The van der Waals surface area contributed by atoms with Crippen LogP contribution in [0.1, 0.15) is 25.3 Å². The summed E-state index contributed by atoms with van der Waals surface area (Å²) in [6.45, 7) is 1.34. The van der Waals surface area contributed by atoms with Gasteiger partial charge < -0.3 is 5.32 Å². The van der Waals surface area contributed by atoms with Crippen LogP contribution in [0.4, 0.5) is 14.3 Å². The lowest BCUT2D eigenvalue weighted by Gasteiger charge is -2.20. The number of amides is 4. The summed E-state index contributed by atoms with van der Waals surface area (Å²) in [5.41, 5.74) is 0.0269. The van der Waals surface area contributed by atoms with Crippen LogP contribution in [0, 0.1) is 11.7 Å². The van der Waals surface area contributed by atoms with Crippen molar-refractivity contribution in [2.24, 2.45) is 5.92 Å². The molecule has 2 N–H and O–H groups in total. The van der Waals surface area contributed by atoms with E-state index < -0.39 is 17.5 Å². The first-order chi connectivity index (χ1) is 13.8. The van der Waals surface area contributed by atoms with E-state index in [-0.39, 0.29) is 29.3 Å². The second kappa shape index (κ2) is 7.71. The van der Waals surface area contributed by atoms with E-state index in [4.69, 9.17) is 0 Å². The first-order valence-corrected chi connectivity index (χ1v) is 10.8. The molecule has 2 fully saturated rings. The number of benzene rings is 1. The Hall–Kier alpha value is -2.53. The summed E-state index contributed by atoms with van der Waals surface area (Å²) in [4.78, 5) is 37.9. The van der Waals surface area contributed by atoms with Gasteiger partial charge in [0.25, 0.3) is 5.91 Å². The number of rotatable bonds is 7. The summed E-state index contributed by atoms with van der Waals surface area (Å²) in [5, 5.41) is 13.5. The maximum Gasteiger partial charge on any atom is 0.325 e. The van der Waals surface area contributed by atoms with Crippen molar-refractivity contribution in [1.29, 1.82) is 0 Å². The lowest BCUT2D eigenvalue weighted by Crippen LogP contribution is -2.46. The van der Waals surface area contributed by atoms with Gasteiger partial charge in [0.15, 0.2) is 4.34 Å². The van der Waals surface area contributed by atoms with E-state index in [0.29, 0.717) is 10.1 Å². The number of anilines is 1. The number of nitrogens with zero attached hydrogens (tertiary/aromatic N) is 3. The number of hydrogen-bond donors (Lipinski definition) is 2. The largest absolute Gasteiger partial charge is 0.325 e. The number of carbonyl (C=O) groups excluding carboxylic acids is 3. The van der Waals surface area contributed by atoms with Crippen LogP contribution in [0.5, 0.6) is 0 Å². The average Bonchev–Trinajstić information content (AvgIpc) is 3.42. The van der Waals surface area contributed by atoms with Crippen LogP contribution in [-0.2, 0) is 15.3 Å². The molecule has 4 amide bonds. The molecule has 0 radical (unpaired) electrons. The van der Waals surface area contributed by atoms with Gasteiger partial charge in [0.1, 0.15) is 17.9 Å². The van der Waals surface area contributed by atoms with Crippen LogP contribution in [0.25, 0.3) is 0 Å². The lowest BCUT2D eigenvalue weighted by molar-refractivity contribution is -0.134. The van der Waals surface area contributed by atoms with E-state index >= 15 is 0 Å². The fraction of sp³-hybridized carbons (Fsp3) is 0.389. The normalized spacial score (nSPS) is 21.4. The third-order valence-corrected chi connectivity index (χ3v) is 6.97. The highest BCUT2D eigenvalue weighted by molar-refractivity contribution is 8.00. The standard InChI is InChI=1S/C18H18FN5O3S2/c1-18(11-4-5-11)14(26)24(16(27)21-18)8-13(25)20-15-22-23-17(29-15)28-9-10-2-6-12(19)7-3-10/h2-3,6-7,11H,4-5,8-9H2,1H3,(H,21,27)(H,20,22,25). The minimum Gasteiger partial charge on any atom is -0.323 e. The number of carbonyl (C=O) groups is 3. The van der Waals surface area contributed by atoms with Crippen molar-refractivity contribution in [1.82, 2.24) is 20.4 Å². The molecule has 1 saturated carbocycles. The molecule has 1 aliphatic heterocycles. The predicted molar refractivity (Wildman–Crippen MR) is 106 cm³/mol. The smallest absolute Gasteiger partial charge is 0.323 e. The molecule has 0 bridgehead atoms. The molecule has 1 atom stereocenters. The van der Waals surface area contributed by atoms with Crippen LogP contribution >= 0.6 is 23.1 Å². The van der Waals surface area contributed by atoms with Gasteiger partial charge in [0.2, 0.25) is 11.0 Å². The third-order valence-electron chi connectivity index (χ3n) is 4.93. The van der Waals surface area contributed by atoms with Gasteiger partial charge in [-0.3, -0.25) is 19.8 Å². The monoisotopic (exact) mass is 435 g/mol. The van der Waals surface area contributed by atoms with E-state index in [0.717, 1.165) is 23.3 Å². The van der Waals surface area contributed by atoms with E-state index in [9.17, 15) is 18.8 Å². The highest BCUT2D eigenvalue weighted by Crippen LogP contribution is 2.42. The van der Waals surface area contributed by atoms with Crippen molar-refractivity contribution >= 4 is 46.1 Å². The van der Waals surface area contributed by atoms with Gasteiger partial charge in [0.05, 0.1) is 0 Å². The summed E-state index contributed by atoms with van der Waals surface area (Å²) in [5.74, 6) is -0.448. The molecule has 1 unspecified atom stereocenters. The Balaban J connectivity index is 1.30. The summed E-state index contributed by atoms with van der Waals surface area (Å²) >= 11 is 2.60. The maximum atomic E-state index is 12.9. The van der Waals surface area contributed by atoms with Gasteiger partial charge in [-0.2, -0.15) is 0 Å². The minimum atomic E-state index is -0.912. The molecule has 4 rings (SSSR count). The van der Waals surface area contributed by atoms with Crippen molar-refractivity contribution in [2.75, 3.05) is 11.9 Å². The number of urea groups is 1. The second-order valence-electron chi connectivity index (χ2n) is 7.13. The van der Waals surface area contributed by atoms with E-state index in [1.54, 1.807) is 19.1 Å². The van der Waals surface area contributed by atoms with Crippen LogP contribution in [0.3, 0.4) is 0 Å². The molecule has 11 heteroatoms.